The van der Waals surface area contributed by atoms with Crippen LogP contribution in [0.4, 0.5) is 13.6 Å². The van der Waals surface area contributed by atoms with Crippen LogP contribution in [0.1, 0.15) is 10.4 Å². The van der Waals surface area contributed by atoms with E-state index < -0.39 is 17.8 Å². The summed E-state index contributed by atoms with van der Waals surface area (Å²) in [6.45, 7) is 0.825. The monoisotopic (exact) mass is 363 g/mol. The van der Waals surface area contributed by atoms with Gasteiger partial charge >= 0.3 is 6.03 Å². The van der Waals surface area contributed by atoms with Crippen LogP contribution in [-0.4, -0.2) is 38.2 Å². The fourth-order valence-corrected chi connectivity index (χ4v) is 2.02. The van der Waals surface area contributed by atoms with Gasteiger partial charge in [0.25, 0.3) is 5.91 Å². The van der Waals surface area contributed by atoms with Crippen molar-refractivity contribution >= 4 is 11.9 Å². The van der Waals surface area contributed by atoms with Crippen molar-refractivity contribution in [1.82, 2.24) is 16.0 Å². The van der Waals surface area contributed by atoms with Crippen LogP contribution < -0.4 is 20.7 Å². The summed E-state index contributed by atoms with van der Waals surface area (Å²) in [5.74, 6) is -0.990. The molecule has 8 heteroatoms. The summed E-state index contributed by atoms with van der Waals surface area (Å²) in [7, 11) is 0. The Morgan fingerprint density at radius 2 is 1.50 bits per heavy atom. The molecule has 0 saturated heterocycles. The van der Waals surface area contributed by atoms with E-state index in [0.717, 1.165) is 0 Å². The second kappa shape index (κ2) is 9.97. The standard InChI is InChI=1S/C18H19F2N3O3/c19-13-5-7-14(8-6-13)26-12-11-23-18(25)22-10-9-21-17(24)15-3-1-2-4-16(15)20/h1-8H,9-12H2,(H,21,24)(H2,22,23,25). The molecule has 0 aliphatic heterocycles. The fourth-order valence-electron chi connectivity index (χ4n) is 2.02. The van der Waals surface area contributed by atoms with Gasteiger partial charge in [0, 0.05) is 13.1 Å². The molecule has 138 valence electrons. The van der Waals surface area contributed by atoms with E-state index in [0.29, 0.717) is 5.75 Å². The number of halogens is 2. The Bertz CT molecular complexity index is 739. The van der Waals surface area contributed by atoms with E-state index in [9.17, 15) is 18.4 Å². The van der Waals surface area contributed by atoms with E-state index in [1.807, 2.05) is 0 Å². The molecule has 0 bridgehead atoms. The van der Waals surface area contributed by atoms with Gasteiger partial charge in [-0.15, -0.1) is 0 Å². The Labute approximate surface area is 149 Å². The van der Waals surface area contributed by atoms with E-state index in [4.69, 9.17) is 4.74 Å². The fraction of sp³-hybridized carbons (Fsp3) is 0.222. The van der Waals surface area contributed by atoms with E-state index in [1.54, 1.807) is 6.07 Å². The Balaban J connectivity index is 1.55. The molecule has 0 unspecified atom stereocenters. The Kier molecular flexibility index (Phi) is 7.35. The summed E-state index contributed by atoms with van der Waals surface area (Å²) in [4.78, 5) is 23.3. The molecule has 0 atom stereocenters. The maximum atomic E-state index is 13.4. The topological polar surface area (TPSA) is 79.5 Å². The van der Waals surface area contributed by atoms with Gasteiger partial charge in [0.1, 0.15) is 24.0 Å². The quantitative estimate of drug-likeness (QED) is 0.628. The predicted octanol–water partition coefficient (Wildman–Crippen LogP) is 2.07. The second-order valence-corrected chi connectivity index (χ2v) is 5.22. The highest BCUT2D eigenvalue weighted by molar-refractivity contribution is 5.94. The Hall–Kier alpha value is -3.16. The minimum atomic E-state index is -0.600. The summed E-state index contributed by atoms with van der Waals surface area (Å²) >= 11 is 0. The second-order valence-electron chi connectivity index (χ2n) is 5.22. The first-order chi connectivity index (χ1) is 12.6. The Morgan fingerprint density at radius 1 is 0.846 bits per heavy atom. The number of carbonyl (C=O) groups is 2. The maximum Gasteiger partial charge on any atom is 0.314 e. The van der Waals surface area contributed by atoms with Crippen molar-refractivity contribution < 1.29 is 23.1 Å². The third-order valence-electron chi connectivity index (χ3n) is 3.28. The molecule has 0 fully saturated rings. The van der Waals surface area contributed by atoms with E-state index in [2.05, 4.69) is 16.0 Å². The average Bonchev–Trinajstić information content (AvgIpc) is 2.64. The molecule has 2 aromatic carbocycles. The zero-order valence-corrected chi connectivity index (χ0v) is 13.9. The molecule has 0 aliphatic carbocycles. The normalized spacial score (nSPS) is 10.1. The molecular weight excluding hydrogens is 344 g/mol. The van der Waals surface area contributed by atoms with Crippen LogP contribution in [-0.2, 0) is 0 Å². The van der Waals surface area contributed by atoms with Crippen molar-refractivity contribution in [3.8, 4) is 5.75 Å². The van der Waals surface area contributed by atoms with E-state index >= 15 is 0 Å². The summed E-state index contributed by atoms with van der Waals surface area (Å²) in [5.41, 5.74) is -0.0464. The van der Waals surface area contributed by atoms with Gasteiger partial charge in [-0.25, -0.2) is 13.6 Å². The largest absolute Gasteiger partial charge is 0.492 e. The number of urea groups is 1. The number of carbonyl (C=O) groups excluding carboxylic acids is 2. The molecular formula is C18H19F2N3O3. The van der Waals surface area contributed by atoms with Gasteiger partial charge in [-0.1, -0.05) is 12.1 Å². The lowest BCUT2D eigenvalue weighted by atomic mass is 10.2. The minimum absolute atomic E-state index is 0.0464. The minimum Gasteiger partial charge on any atom is -0.492 e. The van der Waals surface area contributed by atoms with Crippen LogP contribution in [0.5, 0.6) is 5.75 Å². The van der Waals surface area contributed by atoms with Gasteiger partial charge in [0.15, 0.2) is 0 Å². The van der Waals surface area contributed by atoms with Crippen LogP contribution in [0.3, 0.4) is 0 Å². The molecule has 0 spiro atoms. The number of ether oxygens (including phenoxy) is 1. The molecule has 6 nitrogen and oxygen atoms in total. The third-order valence-corrected chi connectivity index (χ3v) is 3.28. The maximum absolute atomic E-state index is 13.4. The molecule has 3 amide bonds. The van der Waals surface area contributed by atoms with Gasteiger partial charge in [-0.3, -0.25) is 4.79 Å². The van der Waals surface area contributed by atoms with Crippen molar-refractivity contribution in [1.29, 1.82) is 0 Å². The molecule has 26 heavy (non-hydrogen) atoms. The summed E-state index contributed by atoms with van der Waals surface area (Å²) < 4.78 is 31.5. The van der Waals surface area contributed by atoms with Crippen molar-refractivity contribution in [2.24, 2.45) is 0 Å². The van der Waals surface area contributed by atoms with Crippen LogP contribution in [0.2, 0.25) is 0 Å². The van der Waals surface area contributed by atoms with Gasteiger partial charge in [0.2, 0.25) is 0 Å². The Morgan fingerprint density at radius 3 is 2.23 bits per heavy atom. The van der Waals surface area contributed by atoms with Gasteiger partial charge in [-0.2, -0.15) is 0 Å². The number of amides is 3. The smallest absolute Gasteiger partial charge is 0.314 e. The highest BCUT2D eigenvalue weighted by Gasteiger charge is 2.09. The lowest BCUT2D eigenvalue weighted by molar-refractivity contribution is 0.0950. The first kappa shape index (κ1) is 19.2. The van der Waals surface area contributed by atoms with Crippen LogP contribution in [0, 0.1) is 11.6 Å². The van der Waals surface area contributed by atoms with E-state index in [1.165, 1.54) is 42.5 Å². The van der Waals surface area contributed by atoms with Gasteiger partial charge in [0.05, 0.1) is 12.1 Å². The first-order valence-corrected chi connectivity index (χ1v) is 7.99. The summed E-state index contributed by atoms with van der Waals surface area (Å²) in [6, 6.07) is 10.8. The van der Waals surface area contributed by atoms with Gasteiger partial charge in [-0.05, 0) is 36.4 Å². The van der Waals surface area contributed by atoms with Crippen molar-refractivity contribution in [2.45, 2.75) is 0 Å². The van der Waals surface area contributed by atoms with Crippen LogP contribution in [0.15, 0.2) is 48.5 Å². The highest BCUT2D eigenvalue weighted by atomic mass is 19.1. The third kappa shape index (κ3) is 6.39. The molecule has 0 saturated carbocycles. The number of hydrogen-bond donors (Lipinski definition) is 3. The molecule has 2 rings (SSSR count). The van der Waals surface area contributed by atoms with Crippen LogP contribution >= 0.6 is 0 Å². The zero-order chi connectivity index (χ0) is 18.8. The van der Waals surface area contributed by atoms with Gasteiger partial charge < -0.3 is 20.7 Å². The number of benzene rings is 2. The van der Waals surface area contributed by atoms with Crippen LogP contribution in [0.25, 0.3) is 0 Å². The number of nitrogens with one attached hydrogen (secondary N) is 3. The molecule has 0 heterocycles. The molecule has 3 N–H and O–H groups in total. The lowest BCUT2D eigenvalue weighted by Gasteiger charge is -2.10. The SMILES string of the molecule is O=C(NCCNC(=O)c1ccccc1F)NCCOc1ccc(F)cc1. The molecule has 2 aromatic rings. The first-order valence-electron chi connectivity index (χ1n) is 7.99. The average molecular weight is 363 g/mol. The van der Waals surface area contributed by atoms with E-state index in [-0.39, 0.29) is 37.6 Å². The number of rotatable bonds is 8. The molecule has 0 aliphatic rings. The summed E-state index contributed by atoms with van der Waals surface area (Å²) in [5, 5.41) is 7.63. The lowest BCUT2D eigenvalue weighted by Crippen LogP contribution is -2.41. The summed E-state index contributed by atoms with van der Waals surface area (Å²) in [6.07, 6.45) is 0. The van der Waals surface area contributed by atoms with Crippen molar-refractivity contribution in [3.63, 3.8) is 0 Å². The highest BCUT2D eigenvalue weighted by Crippen LogP contribution is 2.10. The predicted molar refractivity (Wildman–Crippen MR) is 92.0 cm³/mol. The zero-order valence-electron chi connectivity index (χ0n) is 13.9. The molecule has 0 aromatic heterocycles. The molecule has 0 radical (unpaired) electrons. The number of hydrogen-bond acceptors (Lipinski definition) is 3. The van der Waals surface area contributed by atoms with Crippen molar-refractivity contribution in [2.75, 3.05) is 26.2 Å². The van der Waals surface area contributed by atoms with Crippen molar-refractivity contribution in [3.05, 3.63) is 65.7 Å².